The first-order chi connectivity index (χ1) is 9.72. The van der Waals surface area contributed by atoms with Crippen LogP contribution in [0.4, 0.5) is 0 Å². The molecule has 2 nitrogen and oxygen atoms in total. The minimum absolute atomic E-state index is 0.0577. The summed E-state index contributed by atoms with van der Waals surface area (Å²) < 4.78 is 0. The average Bonchev–Trinajstić information content (AvgIpc) is 2.46. The summed E-state index contributed by atoms with van der Waals surface area (Å²) in [5, 5.41) is 13.3. The Balaban J connectivity index is 1.88. The van der Waals surface area contributed by atoms with Gasteiger partial charge >= 0.3 is 0 Å². The smallest absolute Gasteiger partial charge is 0.212 e. The molecule has 0 unspecified atom stereocenters. The molecule has 3 aromatic rings. The topological polar surface area (TPSA) is 33.1 Å². The minimum atomic E-state index is 0.0577. The number of aromatic hydroxyl groups is 1. The van der Waals surface area contributed by atoms with Gasteiger partial charge in [-0.05, 0) is 23.1 Å². The largest absolute Gasteiger partial charge is 0.493 e. The molecule has 0 saturated carbocycles. The number of hydrogen-bond acceptors (Lipinski definition) is 3. The van der Waals surface area contributed by atoms with Crippen LogP contribution in [0.3, 0.4) is 0 Å². The second-order valence-corrected chi connectivity index (χ2v) is 5.82. The Morgan fingerprint density at radius 2 is 1.80 bits per heavy atom. The molecule has 4 heteroatoms. The van der Waals surface area contributed by atoms with E-state index in [4.69, 9.17) is 11.6 Å². The van der Waals surface area contributed by atoms with Crippen molar-refractivity contribution in [2.24, 2.45) is 0 Å². The summed E-state index contributed by atoms with van der Waals surface area (Å²) >= 11 is 7.48. The number of pyridine rings is 1. The third kappa shape index (κ3) is 2.89. The summed E-state index contributed by atoms with van der Waals surface area (Å²) in [6, 6.07) is 17.4. The zero-order valence-electron chi connectivity index (χ0n) is 10.6. The van der Waals surface area contributed by atoms with Gasteiger partial charge in [-0.3, -0.25) is 0 Å². The Morgan fingerprint density at radius 1 is 1.05 bits per heavy atom. The Labute approximate surface area is 126 Å². The lowest BCUT2D eigenvalue weighted by molar-refractivity contribution is 0.450. The molecule has 0 amide bonds. The SMILES string of the molecule is Oc1cc2ccccc2c(SCc2ccc(Cl)cc2)n1. The van der Waals surface area contributed by atoms with Gasteiger partial charge in [0.15, 0.2) is 0 Å². The molecule has 2 aromatic carbocycles. The number of rotatable bonds is 3. The van der Waals surface area contributed by atoms with Gasteiger partial charge in [-0.1, -0.05) is 48.0 Å². The van der Waals surface area contributed by atoms with Crippen LogP contribution in [-0.4, -0.2) is 10.1 Å². The number of hydrogen-bond donors (Lipinski definition) is 1. The second-order valence-electron chi connectivity index (χ2n) is 4.42. The molecule has 0 radical (unpaired) electrons. The van der Waals surface area contributed by atoms with Crippen LogP contribution in [0.15, 0.2) is 59.6 Å². The van der Waals surface area contributed by atoms with Crippen molar-refractivity contribution in [2.45, 2.75) is 10.8 Å². The zero-order valence-corrected chi connectivity index (χ0v) is 12.2. The number of fused-ring (bicyclic) bond motifs is 1. The van der Waals surface area contributed by atoms with E-state index in [0.29, 0.717) is 0 Å². The van der Waals surface area contributed by atoms with Gasteiger partial charge in [-0.25, -0.2) is 4.98 Å². The van der Waals surface area contributed by atoms with E-state index in [1.807, 2.05) is 48.5 Å². The third-order valence-corrected chi connectivity index (χ3v) is 4.29. The molecule has 0 aliphatic rings. The van der Waals surface area contributed by atoms with E-state index < -0.39 is 0 Å². The summed E-state index contributed by atoms with van der Waals surface area (Å²) in [4.78, 5) is 4.23. The van der Waals surface area contributed by atoms with E-state index in [-0.39, 0.29) is 5.88 Å². The van der Waals surface area contributed by atoms with Gasteiger partial charge in [-0.2, -0.15) is 0 Å². The summed E-state index contributed by atoms with van der Waals surface area (Å²) in [5.41, 5.74) is 1.17. The van der Waals surface area contributed by atoms with Gasteiger partial charge < -0.3 is 5.11 Å². The molecule has 3 rings (SSSR count). The standard InChI is InChI=1S/C16H12ClNOS/c17-13-7-5-11(6-8-13)10-20-16-14-4-2-1-3-12(14)9-15(19)18-16/h1-9H,10H2,(H,18,19). The van der Waals surface area contributed by atoms with Crippen LogP contribution in [0.5, 0.6) is 5.88 Å². The molecule has 1 aromatic heterocycles. The van der Waals surface area contributed by atoms with Crippen molar-refractivity contribution >= 4 is 34.1 Å². The normalized spacial score (nSPS) is 10.8. The first-order valence-corrected chi connectivity index (χ1v) is 7.55. The quantitative estimate of drug-likeness (QED) is 0.699. The maximum Gasteiger partial charge on any atom is 0.212 e. The highest BCUT2D eigenvalue weighted by Gasteiger charge is 2.06. The third-order valence-electron chi connectivity index (χ3n) is 2.98. The molecule has 0 bridgehead atoms. The molecular formula is C16H12ClNOS. The molecule has 0 atom stereocenters. The number of benzene rings is 2. The number of thioether (sulfide) groups is 1. The van der Waals surface area contributed by atoms with Crippen LogP contribution in [0.25, 0.3) is 10.8 Å². The summed E-state index contributed by atoms with van der Waals surface area (Å²) in [6.07, 6.45) is 0. The van der Waals surface area contributed by atoms with Crippen molar-refractivity contribution in [1.82, 2.24) is 4.98 Å². The lowest BCUT2D eigenvalue weighted by atomic mass is 10.2. The molecule has 20 heavy (non-hydrogen) atoms. The lowest BCUT2D eigenvalue weighted by Gasteiger charge is -2.06. The van der Waals surface area contributed by atoms with E-state index in [9.17, 15) is 5.11 Å². The van der Waals surface area contributed by atoms with Gasteiger partial charge in [0.25, 0.3) is 0 Å². The highest BCUT2D eigenvalue weighted by atomic mass is 35.5. The molecule has 100 valence electrons. The Kier molecular flexibility index (Phi) is 3.81. The number of nitrogens with zero attached hydrogens (tertiary/aromatic N) is 1. The Bertz CT molecular complexity index is 743. The van der Waals surface area contributed by atoms with Crippen LogP contribution in [0, 0.1) is 0 Å². The molecule has 0 aliphatic heterocycles. The van der Waals surface area contributed by atoms with Gasteiger partial charge in [0.05, 0.1) is 0 Å². The first kappa shape index (κ1) is 13.3. The van der Waals surface area contributed by atoms with Crippen molar-refractivity contribution < 1.29 is 5.11 Å². The molecule has 0 saturated heterocycles. The maximum absolute atomic E-state index is 9.70. The first-order valence-electron chi connectivity index (χ1n) is 6.18. The van der Waals surface area contributed by atoms with E-state index >= 15 is 0 Å². The van der Waals surface area contributed by atoms with Crippen LogP contribution in [0.2, 0.25) is 5.02 Å². The van der Waals surface area contributed by atoms with Crippen LogP contribution in [0.1, 0.15) is 5.56 Å². The fourth-order valence-corrected chi connectivity index (χ4v) is 3.12. The molecule has 0 spiro atoms. The highest BCUT2D eigenvalue weighted by molar-refractivity contribution is 7.98. The van der Waals surface area contributed by atoms with Crippen molar-refractivity contribution in [3.05, 3.63) is 65.2 Å². The van der Waals surface area contributed by atoms with Crippen LogP contribution in [-0.2, 0) is 5.75 Å². The predicted octanol–water partition coefficient (Wildman–Crippen LogP) is 4.89. The van der Waals surface area contributed by atoms with E-state index in [2.05, 4.69) is 4.98 Å². The molecule has 0 aliphatic carbocycles. The molecule has 1 heterocycles. The summed E-state index contributed by atoms with van der Waals surface area (Å²) in [5.74, 6) is 0.847. The molecule has 0 fully saturated rings. The van der Waals surface area contributed by atoms with Crippen LogP contribution < -0.4 is 0 Å². The van der Waals surface area contributed by atoms with Crippen molar-refractivity contribution in [3.8, 4) is 5.88 Å². The fraction of sp³-hybridized carbons (Fsp3) is 0.0625. The predicted molar refractivity (Wildman–Crippen MR) is 84.4 cm³/mol. The van der Waals surface area contributed by atoms with Crippen molar-refractivity contribution in [2.75, 3.05) is 0 Å². The monoisotopic (exact) mass is 301 g/mol. The van der Waals surface area contributed by atoms with Gasteiger partial charge in [-0.15, -0.1) is 11.8 Å². The fourth-order valence-electron chi connectivity index (χ4n) is 2.00. The summed E-state index contributed by atoms with van der Waals surface area (Å²) in [6.45, 7) is 0. The lowest BCUT2D eigenvalue weighted by Crippen LogP contribution is -1.86. The van der Waals surface area contributed by atoms with Crippen molar-refractivity contribution in [1.29, 1.82) is 0 Å². The number of aromatic nitrogens is 1. The average molecular weight is 302 g/mol. The van der Waals surface area contributed by atoms with E-state index in [1.165, 1.54) is 5.56 Å². The molecule has 1 N–H and O–H groups in total. The van der Waals surface area contributed by atoms with Gasteiger partial charge in [0, 0.05) is 22.2 Å². The zero-order chi connectivity index (χ0) is 13.9. The maximum atomic E-state index is 9.70. The molecular weight excluding hydrogens is 290 g/mol. The van der Waals surface area contributed by atoms with Crippen molar-refractivity contribution in [3.63, 3.8) is 0 Å². The second kappa shape index (κ2) is 5.73. The number of halogens is 1. The Hall–Kier alpha value is -1.71. The van der Waals surface area contributed by atoms with Gasteiger partial charge in [0.1, 0.15) is 5.03 Å². The highest BCUT2D eigenvalue weighted by Crippen LogP contribution is 2.31. The van der Waals surface area contributed by atoms with Gasteiger partial charge in [0.2, 0.25) is 5.88 Å². The van der Waals surface area contributed by atoms with E-state index in [0.717, 1.165) is 26.6 Å². The Morgan fingerprint density at radius 3 is 2.60 bits per heavy atom. The van der Waals surface area contributed by atoms with Crippen LogP contribution >= 0.6 is 23.4 Å². The van der Waals surface area contributed by atoms with E-state index in [1.54, 1.807) is 17.8 Å². The summed E-state index contributed by atoms with van der Waals surface area (Å²) in [7, 11) is 0. The minimum Gasteiger partial charge on any atom is -0.493 e.